The van der Waals surface area contributed by atoms with Gasteiger partial charge in [-0.15, -0.1) is 12.6 Å². The lowest BCUT2D eigenvalue weighted by molar-refractivity contribution is 0.0472. The first-order chi connectivity index (χ1) is 8.65. The van der Waals surface area contributed by atoms with Crippen LogP contribution >= 0.6 is 28.6 Å². The van der Waals surface area contributed by atoms with Gasteiger partial charge in [-0.25, -0.2) is 4.79 Å². The Hall–Kier alpha value is -1.26. The number of esters is 1. The van der Waals surface area contributed by atoms with Crippen molar-refractivity contribution in [3.05, 3.63) is 64.1 Å². The Bertz CT molecular complexity index is 552. The van der Waals surface area contributed by atoms with Crippen LogP contribution in [-0.2, 0) is 11.3 Å². The Kier molecular flexibility index (Phi) is 4.44. The van der Waals surface area contributed by atoms with Crippen molar-refractivity contribution >= 4 is 34.5 Å². The van der Waals surface area contributed by atoms with Gasteiger partial charge in [-0.2, -0.15) is 0 Å². The molecule has 0 heterocycles. The van der Waals surface area contributed by atoms with Gasteiger partial charge in [0, 0.05) is 9.37 Å². The summed E-state index contributed by atoms with van der Waals surface area (Å²) >= 11 is 7.54. The van der Waals surface area contributed by atoms with Gasteiger partial charge in [0.05, 0.1) is 5.56 Å². The molecule has 0 amide bonds. The Labute approximate surface area is 120 Å². The number of ether oxygens (including phenoxy) is 1. The molecule has 0 aromatic heterocycles. The Morgan fingerprint density at radius 3 is 2.56 bits per heavy atom. The van der Waals surface area contributed by atoms with E-state index in [4.69, 9.17) is 4.74 Å². The summed E-state index contributed by atoms with van der Waals surface area (Å²) in [5.74, 6) is -0.339. The van der Waals surface area contributed by atoms with Crippen molar-refractivity contribution < 1.29 is 9.53 Å². The smallest absolute Gasteiger partial charge is 0.338 e. The second-order valence-electron chi connectivity index (χ2n) is 3.75. The van der Waals surface area contributed by atoms with E-state index in [1.807, 2.05) is 30.3 Å². The fraction of sp³-hybridized carbons (Fsp3) is 0.0714. The summed E-state index contributed by atoms with van der Waals surface area (Å²) in [7, 11) is 0. The summed E-state index contributed by atoms with van der Waals surface area (Å²) < 4.78 is 6.22. The van der Waals surface area contributed by atoms with Crippen LogP contribution in [0.15, 0.2) is 57.9 Å². The van der Waals surface area contributed by atoms with Crippen LogP contribution in [0.25, 0.3) is 0 Å². The molecule has 0 unspecified atom stereocenters. The van der Waals surface area contributed by atoms with Gasteiger partial charge in [0.25, 0.3) is 0 Å². The molecule has 0 N–H and O–H groups in total. The third kappa shape index (κ3) is 3.62. The first-order valence-electron chi connectivity index (χ1n) is 5.36. The van der Waals surface area contributed by atoms with Gasteiger partial charge in [0.1, 0.15) is 6.61 Å². The zero-order chi connectivity index (χ0) is 13.0. The van der Waals surface area contributed by atoms with Crippen LogP contribution < -0.4 is 0 Å². The van der Waals surface area contributed by atoms with Crippen molar-refractivity contribution in [2.75, 3.05) is 0 Å². The van der Waals surface area contributed by atoms with Gasteiger partial charge in [0.15, 0.2) is 0 Å². The highest BCUT2D eigenvalue weighted by Gasteiger charge is 2.07. The molecule has 2 rings (SSSR count). The largest absolute Gasteiger partial charge is 0.457 e. The van der Waals surface area contributed by atoms with Crippen molar-refractivity contribution in [1.82, 2.24) is 0 Å². The van der Waals surface area contributed by atoms with E-state index in [1.165, 1.54) is 0 Å². The molecule has 2 nitrogen and oxygen atoms in total. The number of hydrogen-bond acceptors (Lipinski definition) is 3. The van der Waals surface area contributed by atoms with Gasteiger partial charge in [0.2, 0.25) is 0 Å². The van der Waals surface area contributed by atoms with Gasteiger partial charge in [-0.1, -0.05) is 34.1 Å². The van der Waals surface area contributed by atoms with E-state index in [-0.39, 0.29) is 12.6 Å². The molecule has 0 saturated carbocycles. The number of rotatable bonds is 3. The van der Waals surface area contributed by atoms with Gasteiger partial charge in [-0.05, 0) is 35.9 Å². The Morgan fingerprint density at radius 1 is 1.17 bits per heavy atom. The molecule has 0 spiro atoms. The zero-order valence-electron chi connectivity index (χ0n) is 9.47. The summed E-state index contributed by atoms with van der Waals surface area (Å²) in [6, 6.07) is 14.6. The molecule has 0 fully saturated rings. The van der Waals surface area contributed by atoms with Crippen molar-refractivity contribution in [1.29, 1.82) is 0 Å². The highest BCUT2D eigenvalue weighted by Crippen LogP contribution is 2.13. The monoisotopic (exact) mass is 322 g/mol. The highest BCUT2D eigenvalue weighted by molar-refractivity contribution is 9.10. The standard InChI is InChI=1S/C14H11BrO2S/c15-12-6-4-10(5-7-12)9-17-14(16)11-2-1-3-13(18)8-11/h1-8,18H,9H2. The normalized spacial score (nSPS) is 10.1. The highest BCUT2D eigenvalue weighted by atomic mass is 79.9. The molecule has 0 bridgehead atoms. The van der Waals surface area contributed by atoms with E-state index in [1.54, 1.807) is 18.2 Å². The van der Waals surface area contributed by atoms with Crippen LogP contribution in [0.2, 0.25) is 0 Å². The Morgan fingerprint density at radius 2 is 1.89 bits per heavy atom. The fourth-order valence-electron chi connectivity index (χ4n) is 1.45. The van der Waals surface area contributed by atoms with E-state index in [9.17, 15) is 4.79 Å². The van der Waals surface area contributed by atoms with Crippen molar-refractivity contribution in [2.24, 2.45) is 0 Å². The number of halogens is 1. The molecule has 0 radical (unpaired) electrons. The third-order valence-electron chi connectivity index (χ3n) is 2.37. The molecular formula is C14H11BrO2S. The molecule has 0 atom stereocenters. The molecule has 0 aliphatic carbocycles. The molecule has 2 aromatic carbocycles. The topological polar surface area (TPSA) is 26.3 Å². The first-order valence-corrected chi connectivity index (χ1v) is 6.60. The lowest BCUT2D eigenvalue weighted by atomic mass is 10.2. The quantitative estimate of drug-likeness (QED) is 0.680. The molecule has 18 heavy (non-hydrogen) atoms. The lowest BCUT2D eigenvalue weighted by Gasteiger charge is -2.05. The van der Waals surface area contributed by atoms with E-state index in [0.29, 0.717) is 5.56 Å². The maximum Gasteiger partial charge on any atom is 0.338 e. The number of hydrogen-bond donors (Lipinski definition) is 1. The molecular weight excluding hydrogens is 312 g/mol. The molecule has 4 heteroatoms. The second kappa shape index (κ2) is 6.07. The SMILES string of the molecule is O=C(OCc1ccc(Br)cc1)c1cccc(S)c1. The maximum atomic E-state index is 11.8. The van der Waals surface area contributed by atoms with Crippen molar-refractivity contribution in [3.63, 3.8) is 0 Å². The number of benzene rings is 2. The van der Waals surface area contributed by atoms with Crippen LogP contribution in [0.3, 0.4) is 0 Å². The summed E-state index contributed by atoms with van der Waals surface area (Å²) in [5.41, 5.74) is 1.47. The van der Waals surface area contributed by atoms with Crippen LogP contribution in [0.4, 0.5) is 0 Å². The predicted octanol–water partition coefficient (Wildman–Crippen LogP) is 4.09. The van der Waals surface area contributed by atoms with Gasteiger partial charge >= 0.3 is 5.97 Å². The van der Waals surface area contributed by atoms with E-state index >= 15 is 0 Å². The van der Waals surface area contributed by atoms with Crippen LogP contribution in [-0.4, -0.2) is 5.97 Å². The van der Waals surface area contributed by atoms with E-state index < -0.39 is 0 Å². The number of carbonyl (C=O) groups is 1. The van der Waals surface area contributed by atoms with Gasteiger partial charge in [-0.3, -0.25) is 0 Å². The lowest BCUT2D eigenvalue weighted by Crippen LogP contribution is -2.05. The van der Waals surface area contributed by atoms with Crippen LogP contribution in [0.5, 0.6) is 0 Å². The zero-order valence-corrected chi connectivity index (χ0v) is 11.9. The number of thiol groups is 1. The summed E-state index contributed by atoms with van der Waals surface area (Å²) in [4.78, 5) is 12.5. The van der Waals surface area contributed by atoms with Crippen molar-refractivity contribution in [3.8, 4) is 0 Å². The summed E-state index contributed by atoms with van der Waals surface area (Å²) in [6.07, 6.45) is 0. The Balaban J connectivity index is 1.98. The predicted molar refractivity (Wildman–Crippen MR) is 77.0 cm³/mol. The average molecular weight is 323 g/mol. The van der Waals surface area contributed by atoms with Crippen LogP contribution in [0.1, 0.15) is 15.9 Å². The van der Waals surface area contributed by atoms with E-state index in [2.05, 4.69) is 28.6 Å². The van der Waals surface area contributed by atoms with E-state index in [0.717, 1.165) is 14.9 Å². The maximum absolute atomic E-state index is 11.8. The molecule has 0 aliphatic rings. The first kappa shape index (κ1) is 13.2. The third-order valence-corrected chi connectivity index (χ3v) is 3.17. The minimum absolute atomic E-state index is 0.267. The second-order valence-corrected chi connectivity index (χ2v) is 5.19. The average Bonchev–Trinajstić information content (AvgIpc) is 2.38. The number of carbonyl (C=O) groups excluding carboxylic acids is 1. The van der Waals surface area contributed by atoms with Crippen molar-refractivity contribution in [2.45, 2.75) is 11.5 Å². The van der Waals surface area contributed by atoms with Crippen LogP contribution in [0, 0.1) is 0 Å². The summed E-state index contributed by atoms with van der Waals surface area (Å²) in [6.45, 7) is 0.267. The minimum Gasteiger partial charge on any atom is -0.457 e. The summed E-state index contributed by atoms with van der Waals surface area (Å²) in [5, 5.41) is 0. The molecule has 92 valence electrons. The molecule has 0 aliphatic heterocycles. The minimum atomic E-state index is -0.339. The fourth-order valence-corrected chi connectivity index (χ4v) is 1.94. The van der Waals surface area contributed by atoms with Gasteiger partial charge < -0.3 is 4.74 Å². The molecule has 2 aromatic rings. The molecule has 0 saturated heterocycles.